The van der Waals surface area contributed by atoms with Gasteiger partial charge in [-0.15, -0.1) is 0 Å². The maximum absolute atomic E-state index is 12.6. The summed E-state index contributed by atoms with van der Waals surface area (Å²) in [6, 6.07) is 15.9. The number of benzene rings is 2. The molecule has 23 heavy (non-hydrogen) atoms. The number of amides is 1. The van der Waals surface area contributed by atoms with Gasteiger partial charge in [0.15, 0.2) is 0 Å². The molecule has 3 rings (SSSR count). The van der Waals surface area contributed by atoms with E-state index in [9.17, 15) is 4.79 Å². The molecule has 120 valence electrons. The van der Waals surface area contributed by atoms with Crippen LogP contribution in [0.5, 0.6) is 0 Å². The molecule has 0 aromatic heterocycles. The number of piperazine rings is 1. The van der Waals surface area contributed by atoms with Crippen LogP contribution in [0.1, 0.15) is 22.8 Å². The summed E-state index contributed by atoms with van der Waals surface area (Å²) in [7, 11) is 0. The van der Waals surface area contributed by atoms with Gasteiger partial charge in [-0.25, -0.2) is 0 Å². The van der Waals surface area contributed by atoms with Gasteiger partial charge in [0.2, 0.25) is 0 Å². The third kappa shape index (κ3) is 3.50. The van der Waals surface area contributed by atoms with Crippen LogP contribution < -0.4 is 4.90 Å². The second kappa shape index (κ2) is 6.63. The van der Waals surface area contributed by atoms with Crippen LogP contribution in [-0.4, -0.2) is 36.5 Å². The lowest BCUT2D eigenvalue weighted by Gasteiger charge is -2.41. The number of hydrogen-bond acceptors (Lipinski definition) is 2. The minimum absolute atomic E-state index is 0.0809. The molecule has 2 aromatic rings. The standard InChI is InChI=1S/C19H21ClN2O/c1-14-4-3-5-18(12-14)22-11-10-21(13-15(22)2)19(23)16-6-8-17(20)9-7-16/h3-9,12,15H,10-11,13H2,1-2H3. The SMILES string of the molecule is Cc1cccc(N2CCN(C(=O)c3ccc(Cl)cc3)CC2C)c1. The van der Waals surface area contributed by atoms with E-state index in [1.54, 1.807) is 24.3 Å². The molecule has 0 aliphatic carbocycles. The number of hydrogen-bond donors (Lipinski definition) is 0. The third-order valence-corrected chi connectivity index (χ3v) is 4.59. The molecular weight excluding hydrogens is 308 g/mol. The summed E-state index contributed by atoms with van der Waals surface area (Å²) in [5.74, 6) is 0.0809. The van der Waals surface area contributed by atoms with Crippen LogP contribution in [0.4, 0.5) is 5.69 Å². The molecule has 1 aliphatic heterocycles. The zero-order chi connectivity index (χ0) is 16.4. The molecule has 1 amide bonds. The minimum atomic E-state index is 0.0809. The Bertz CT molecular complexity index is 699. The van der Waals surface area contributed by atoms with Crippen LogP contribution in [0.15, 0.2) is 48.5 Å². The molecule has 1 aliphatic rings. The van der Waals surface area contributed by atoms with Crippen LogP contribution in [0.25, 0.3) is 0 Å². The molecule has 1 heterocycles. The molecule has 4 heteroatoms. The van der Waals surface area contributed by atoms with Gasteiger partial charge in [-0.05, 0) is 55.8 Å². The molecule has 0 spiro atoms. The number of nitrogens with zero attached hydrogens (tertiary/aromatic N) is 2. The van der Waals surface area contributed by atoms with Crippen molar-refractivity contribution in [2.24, 2.45) is 0 Å². The van der Waals surface area contributed by atoms with Crippen molar-refractivity contribution in [3.63, 3.8) is 0 Å². The fourth-order valence-electron chi connectivity index (χ4n) is 3.11. The van der Waals surface area contributed by atoms with Gasteiger partial charge < -0.3 is 9.80 Å². The van der Waals surface area contributed by atoms with Gasteiger partial charge in [-0.3, -0.25) is 4.79 Å². The smallest absolute Gasteiger partial charge is 0.253 e. The lowest BCUT2D eigenvalue weighted by Crippen LogP contribution is -2.53. The fraction of sp³-hybridized carbons (Fsp3) is 0.316. The van der Waals surface area contributed by atoms with Crippen molar-refractivity contribution in [3.8, 4) is 0 Å². The van der Waals surface area contributed by atoms with Crippen molar-refractivity contribution >= 4 is 23.2 Å². The highest BCUT2D eigenvalue weighted by Crippen LogP contribution is 2.22. The molecule has 0 bridgehead atoms. The molecule has 1 unspecified atom stereocenters. The largest absolute Gasteiger partial charge is 0.365 e. The first kappa shape index (κ1) is 15.9. The second-order valence-electron chi connectivity index (χ2n) is 6.14. The summed E-state index contributed by atoms with van der Waals surface area (Å²) in [5.41, 5.74) is 3.19. The predicted octanol–water partition coefficient (Wildman–Crippen LogP) is 4.00. The molecule has 2 aromatic carbocycles. The molecule has 0 saturated carbocycles. The highest BCUT2D eigenvalue weighted by Gasteiger charge is 2.27. The van der Waals surface area contributed by atoms with E-state index in [1.807, 2.05) is 4.90 Å². The summed E-state index contributed by atoms with van der Waals surface area (Å²) in [6.07, 6.45) is 0. The average Bonchev–Trinajstić information content (AvgIpc) is 2.55. The van der Waals surface area contributed by atoms with Crippen molar-refractivity contribution in [2.75, 3.05) is 24.5 Å². The Morgan fingerprint density at radius 1 is 1.13 bits per heavy atom. The van der Waals surface area contributed by atoms with E-state index in [-0.39, 0.29) is 5.91 Å². The quantitative estimate of drug-likeness (QED) is 0.832. The number of rotatable bonds is 2. The van der Waals surface area contributed by atoms with E-state index >= 15 is 0 Å². The van der Waals surface area contributed by atoms with Crippen LogP contribution in [-0.2, 0) is 0 Å². The zero-order valence-corrected chi connectivity index (χ0v) is 14.3. The van der Waals surface area contributed by atoms with Crippen LogP contribution in [0.2, 0.25) is 5.02 Å². The lowest BCUT2D eigenvalue weighted by atomic mass is 10.1. The minimum Gasteiger partial charge on any atom is -0.365 e. The average molecular weight is 329 g/mol. The van der Waals surface area contributed by atoms with Crippen molar-refractivity contribution in [1.29, 1.82) is 0 Å². The Morgan fingerprint density at radius 3 is 2.52 bits per heavy atom. The first-order valence-corrected chi connectivity index (χ1v) is 8.30. The fourth-order valence-corrected chi connectivity index (χ4v) is 3.23. The summed E-state index contributed by atoms with van der Waals surface area (Å²) in [6.45, 7) is 6.59. The monoisotopic (exact) mass is 328 g/mol. The topological polar surface area (TPSA) is 23.6 Å². The number of anilines is 1. The number of aryl methyl sites for hydroxylation is 1. The summed E-state index contributed by atoms with van der Waals surface area (Å²) in [5, 5.41) is 0.652. The second-order valence-corrected chi connectivity index (χ2v) is 6.58. The summed E-state index contributed by atoms with van der Waals surface area (Å²) < 4.78 is 0. The highest BCUT2D eigenvalue weighted by molar-refractivity contribution is 6.30. The normalized spacial score (nSPS) is 18.1. The Kier molecular flexibility index (Phi) is 4.58. The number of halogens is 1. The first-order valence-electron chi connectivity index (χ1n) is 7.93. The molecule has 1 atom stereocenters. The number of carbonyl (C=O) groups excluding carboxylic acids is 1. The van der Waals surface area contributed by atoms with E-state index in [2.05, 4.69) is 43.0 Å². The van der Waals surface area contributed by atoms with E-state index < -0.39 is 0 Å². The Labute approximate surface area is 142 Å². The highest BCUT2D eigenvalue weighted by atomic mass is 35.5. The van der Waals surface area contributed by atoms with Crippen molar-refractivity contribution in [2.45, 2.75) is 19.9 Å². The van der Waals surface area contributed by atoms with E-state index in [4.69, 9.17) is 11.6 Å². The van der Waals surface area contributed by atoms with Gasteiger partial charge in [0, 0.05) is 41.9 Å². The van der Waals surface area contributed by atoms with Gasteiger partial charge in [0.25, 0.3) is 5.91 Å². The van der Waals surface area contributed by atoms with E-state index in [0.717, 1.165) is 19.6 Å². The summed E-state index contributed by atoms with van der Waals surface area (Å²) in [4.78, 5) is 16.9. The van der Waals surface area contributed by atoms with Gasteiger partial charge in [-0.2, -0.15) is 0 Å². The molecular formula is C19H21ClN2O. The first-order chi connectivity index (χ1) is 11.0. The van der Waals surface area contributed by atoms with E-state index in [0.29, 0.717) is 16.6 Å². The van der Waals surface area contributed by atoms with Gasteiger partial charge in [0.05, 0.1) is 0 Å². The Hall–Kier alpha value is -2.00. The van der Waals surface area contributed by atoms with Crippen molar-refractivity contribution in [1.82, 2.24) is 4.90 Å². The van der Waals surface area contributed by atoms with Gasteiger partial charge in [0.1, 0.15) is 0 Å². The molecule has 0 N–H and O–H groups in total. The van der Waals surface area contributed by atoms with Gasteiger partial charge >= 0.3 is 0 Å². The van der Waals surface area contributed by atoms with Crippen molar-refractivity contribution < 1.29 is 4.79 Å². The third-order valence-electron chi connectivity index (χ3n) is 4.34. The van der Waals surface area contributed by atoms with Crippen LogP contribution in [0, 0.1) is 6.92 Å². The Morgan fingerprint density at radius 2 is 1.87 bits per heavy atom. The number of carbonyl (C=O) groups is 1. The van der Waals surface area contributed by atoms with Gasteiger partial charge in [-0.1, -0.05) is 23.7 Å². The Balaban J connectivity index is 1.71. The molecule has 1 fully saturated rings. The predicted molar refractivity (Wildman–Crippen MR) is 95.3 cm³/mol. The lowest BCUT2D eigenvalue weighted by molar-refractivity contribution is 0.0726. The zero-order valence-electron chi connectivity index (χ0n) is 13.5. The molecule has 0 radical (unpaired) electrons. The molecule has 3 nitrogen and oxygen atoms in total. The maximum atomic E-state index is 12.6. The maximum Gasteiger partial charge on any atom is 0.253 e. The van der Waals surface area contributed by atoms with Crippen molar-refractivity contribution in [3.05, 3.63) is 64.7 Å². The van der Waals surface area contributed by atoms with Crippen LogP contribution in [0.3, 0.4) is 0 Å². The van der Waals surface area contributed by atoms with Crippen LogP contribution >= 0.6 is 11.6 Å². The summed E-state index contributed by atoms with van der Waals surface area (Å²) >= 11 is 5.89. The molecule has 1 saturated heterocycles. The van der Waals surface area contributed by atoms with E-state index in [1.165, 1.54) is 11.3 Å².